The highest BCUT2D eigenvalue weighted by molar-refractivity contribution is 5.30. The summed E-state index contributed by atoms with van der Waals surface area (Å²) >= 11 is 0. The molecule has 0 saturated carbocycles. The van der Waals surface area contributed by atoms with E-state index >= 15 is 0 Å². The van der Waals surface area contributed by atoms with Gasteiger partial charge in [-0.2, -0.15) is 0 Å². The van der Waals surface area contributed by atoms with Gasteiger partial charge in [-0.25, -0.2) is 9.97 Å². The Morgan fingerprint density at radius 1 is 1.29 bits per heavy atom. The molecule has 0 radical (unpaired) electrons. The molecular weight excluding hydrogens is 264 g/mol. The van der Waals surface area contributed by atoms with E-state index in [9.17, 15) is 5.11 Å². The predicted molar refractivity (Wildman–Crippen MR) is 85.3 cm³/mol. The molecule has 1 aliphatic rings. The zero-order valence-electron chi connectivity index (χ0n) is 13.5. The molecular formula is C16H28N4O. The molecule has 1 fully saturated rings. The Labute approximate surface area is 127 Å². The molecule has 5 heteroatoms. The first-order chi connectivity index (χ1) is 9.96. The van der Waals surface area contributed by atoms with Gasteiger partial charge in [-0.15, -0.1) is 0 Å². The lowest BCUT2D eigenvalue weighted by molar-refractivity contribution is 0.0481. The molecule has 5 nitrogen and oxygen atoms in total. The molecule has 1 aromatic heterocycles. The van der Waals surface area contributed by atoms with Gasteiger partial charge in [0.25, 0.3) is 0 Å². The van der Waals surface area contributed by atoms with Gasteiger partial charge in [0.15, 0.2) is 0 Å². The second-order valence-corrected chi connectivity index (χ2v) is 6.75. The molecule has 0 bridgehead atoms. The van der Waals surface area contributed by atoms with Crippen LogP contribution >= 0.6 is 0 Å². The largest absolute Gasteiger partial charge is 0.390 e. The first-order valence-corrected chi connectivity index (χ1v) is 7.95. The summed E-state index contributed by atoms with van der Waals surface area (Å²) in [5, 5.41) is 13.5. The normalized spacial score (nSPS) is 23.4. The van der Waals surface area contributed by atoms with Crippen molar-refractivity contribution in [2.75, 3.05) is 24.5 Å². The SMILES string of the molecule is CC(C)CNCc1cnc(N2CCCC(C)(O)CC2)nc1. The van der Waals surface area contributed by atoms with Crippen LogP contribution < -0.4 is 10.2 Å². The van der Waals surface area contributed by atoms with Crippen LogP contribution in [-0.4, -0.2) is 40.3 Å². The van der Waals surface area contributed by atoms with Gasteiger partial charge in [-0.05, 0) is 38.6 Å². The summed E-state index contributed by atoms with van der Waals surface area (Å²) in [6.45, 7) is 9.86. The van der Waals surface area contributed by atoms with Crippen LogP contribution in [0.4, 0.5) is 5.95 Å². The third-order valence-electron chi connectivity index (χ3n) is 3.92. The van der Waals surface area contributed by atoms with Crippen molar-refractivity contribution in [1.82, 2.24) is 15.3 Å². The summed E-state index contributed by atoms with van der Waals surface area (Å²) in [5.41, 5.74) is 0.566. The third-order valence-corrected chi connectivity index (χ3v) is 3.92. The molecule has 2 rings (SSSR count). The van der Waals surface area contributed by atoms with E-state index in [0.29, 0.717) is 5.92 Å². The summed E-state index contributed by atoms with van der Waals surface area (Å²) in [7, 11) is 0. The number of anilines is 1. The quantitative estimate of drug-likeness (QED) is 0.869. The smallest absolute Gasteiger partial charge is 0.225 e. The second-order valence-electron chi connectivity index (χ2n) is 6.75. The zero-order chi connectivity index (χ0) is 15.3. The number of nitrogens with one attached hydrogen (secondary N) is 1. The van der Waals surface area contributed by atoms with E-state index in [1.807, 2.05) is 19.3 Å². The number of hydrogen-bond acceptors (Lipinski definition) is 5. The summed E-state index contributed by atoms with van der Waals surface area (Å²) in [6, 6.07) is 0. The van der Waals surface area contributed by atoms with Gasteiger partial charge in [0.1, 0.15) is 0 Å². The van der Waals surface area contributed by atoms with Crippen molar-refractivity contribution in [3.63, 3.8) is 0 Å². The molecule has 1 atom stereocenters. The fourth-order valence-electron chi connectivity index (χ4n) is 2.57. The van der Waals surface area contributed by atoms with Gasteiger partial charge in [0, 0.05) is 37.6 Å². The van der Waals surface area contributed by atoms with E-state index in [1.165, 1.54) is 0 Å². The molecule has 0 spiro atoms. The van der Waals surface area contributed by atoms with Crippen LogP contribution in [-0.2, 0) is 6.54 Å². The minimum absolute atomic E-state index is 0.546. The average Bonchev–Trinajstić information content (AvgIpc) is 2.60. The molecule has 0 aromatic carbocycles. The van der Waals surface area contributed by atoms with Crippen LogP contribution in [0.15, 0.2) is 12.4 Å². The van der Waals surface area contributed by atoms with E-state index in [4.69, 9.17) is 0 Å². The molecule has 2 heterocycles. The third kappa shape index (κ3) is 5.25. The van der Waals surface area contributed by atoms with Gasteiger partial charge < -0.3 is 15.3 Å². The van der Waals surface area contributed by atoms with Gasteiger partial charge >= 0.3 is 0 Å². The van der Waals surface area contributed by atoms with E-state index < -0.39 is 5.60 Å². The van der Waals surface area contributed by atoms with Crippen LogP contribution in [0, 0.1) is 5.92 Å². The first kappa shape index (κ1) is 16.2. The molecule has 0 amide bonds. The lowest BCUT2D eigenvalue weighted by Crippen LogP contribution is -2.29. The summed E-state index contributed by atoms with van der Waals surface area (Å²) in [4.78, 5) is 11.1. The Bertz CT molecular complexity index is 430. The summed E-state index contributed by atoms with van der Waals surface area (Å²) in [5.74, 6) is 1.43. The lowest BCUT2D eigenvalue weighted by atomic mass is 9.98. The number of nitrogens with zero attached hydrogens (tertiary/aromatic N) is 3. The molecule has 21 heavy (non-hydrogen) atoms. The monoisotopic (exact) mass is 292 g/mol. The Kier molecular flexibility index (Phi) is 5.53. The van der Waals surface area contributed by atoms with Crippen molar-refractivity contribution in [3.8, 4) is 0 Å². The Morgan fingerprint density at radius 2 is 2.00 bits per heavy atom. The minimum Gasteiger partial charge on any atom is -0.390 e. The van der Waals surface area contributed by atoms with Crippen molar-refractivity contribution < 1.29 is 5.11 Å². The van der Waals surface area contributed by atoms with Gasteiger partial charge in [0.05, 0.1) is 5.60 Å². The van der Waals surface area contributed by atoms with Crippen molar-refractivity contribution in [3.05, 3.63) is 18.0 Å². The second kappa shape index (κ2) is 7.18. The zero-order valence-corrected chi connectivity index (χ0v) is 13.5. The highest BCUT2D eigenvalue weighted by Crippen LogP contribution is 2.23. The summed E-state index contributed by atoms with van der Waals surface area (Å²) in [6.07, 6.45) is 6.40. The van der Waals surface area contributed by atoms with Crippen molar-refractivity contribution in [2.24, 2.45) is 5.92 Å². The first-order valence-electron chi connectivity index (χ1n) is 7.95. The van der Waals surface area contributed by atoms with E-state index in [0.717, 1.165) is 57.0 Å². The van der Waals surface area contributed by atoms with Crippen molar-refractivity contribution in [1.29, 1.82) is 0 Å². The average molecular weight is 292 g/mol. The van der Waals surface area contributed by atoms with Gasteiger partial charge in [0.2, 0.25) is 5.95 Å². The fourth-order valence-corrected chi connectivity index (χ4v) is 2.57. The van der Waals surface area contributed by atoms with Crippen molar-refractivity contribution in [2.45, 2.75) is 52.2 Å². The van der Waals surface area contributed by atoms with Gasteiger partial charge in [-0.3, -0.25) is 0 Å². The standard InChI is InChI=1S/C16H28N4O/c1-13(2)9-17-10-14-11-18-15(19-12-14)20-7-4-5-16(3,21)6-8-20/h11-13,17,21H,4-10H2,1-3H3. The fraction of sp³-hybridized carbons (Fsp3) is 0.750. The number of aliphatic hydroxyl groups is 1. The molecule has 1 unspecified atom stereocenters. The Balaban J connectivity index is 1.89. The molecule has 2 N–H and O–H groups in total. The van der Waals surface area contributed by atoms with Crippen LogP contribution in [0.3, 0.4) is 0 Å². The Hall–Kier alpha value is -1.20. The van der Waals surface area contributed by atoms with Crippen LogP contribution in [0.25, 0.3) is 0 Å². The molecule has 118 valence electrons. The maximum Gasteiger partial charge on any atom is 0.225 e. The van der Waals surface area contributed by atoms with Crippen LogP contribution in [0.5, 0.6) is 0 Å². The topological polar surface area (TPSA) is 61.3 Å². The maximum atomic E-state index is 10.1. The Morgan fingerprint density at radius 3 is 2.67 bits per heavy atom. The molecule has 1 aromatic rings. The number of hydrogen-bond donors (Lipinski definition) is 2. The molecule has 1 saturated heterocycles. The number of rotatable bonds is 5. The highest BCUT2D eigenvalue weighted by Gasteiger charge is 2.25. The minimum atomic E-state index is -0.546. The van der Waals surface area contributed by atoms with Crippen LogP contribution in [0.2, 0.25) is 0 Å². The van der Waals surface area contributed by atoms with Crippen molar-refractivity contribution >= 4 is 5.95 Å². The van der Waals surface area contributed by atoms with Gasteiger partial charge in [-0.1, -0.05) is 13.8 Å². The van der Waals surface area contributed by atoms with E-state index in [1.54, 1.807) is 0 Å². The molecule has 0 aliphatic carbocycles. The highest BCUT2D eigenvalue weighted by atomic mass is 16.3. The van der Waals surface area contributed by atoms with E-state index in [2.05, 4.69) is 34.0 Å². The van der Waals surface area contributed by atoms with E-state index in [-0.39, 0.29) is 0 Å². The van der Waals surface area contributed by atoms with Crippen LogP contribution in [0.1, 0.15) is 45.6 Å². The lowest BCUT2D eigenvalue weighted by Gasteiger charge is -2.22. The summed E-state index contributed by atoms with van der Waals surface area (Å²) < 4.78 is 0. The predicted octanol–water partition coefficient (Wildman–Crippen LogP) is 1.96. The number of aromatic nitrogens is 2. The maximum absolute atomic E-state index is 10.1. The molecule has 1 aliphatic heterocycles.